The van der Waals surface area contributed by atoms with E-state index in [1.165, 1.54) is 0 Å². The number of aromatic hydroxyl groups is 1. The van der Waals surface area contributed by atoms with Gasteiger partial charge in [0.25, 0.3) is 5.69 Å². The van der Waals surface area contributed by atoms with E-state index < -0.39 is 16.9 Å². The summed E-state index contributed by atoms with van der Waals surface area (Å²) in [4.78, 5) is 21.4. The summed E-state index contributed by atoms with van der Waals surface area (Å²) in [6.45, 7) is 0. The summed E-state index contributed by atoms with van der Waals surface area (Å²) in [5.74, 6) is 1.31. The van der Waals surface area contributed by atoms with Crippen molar-refractivity contribution in [3.8, 4) is 18.1 Å². The zero-order valence-corrected chi connectivity index (χ0v) is 9.29. The highest BCUT2D eigenvalue weighted by Gasteiger charge is 2.16. The molecular weight excluding hydrogens is 238 g/mol. The van der Waals surface area contributed by atoms with Crippen LogP contribution in [0.5, 0.6) is 5.75 Å². The Labute approximate surface area is 103 Å². The molecule has 0 bridgehead atoms. The fourth-order valence-corrected chi connectivity index (χ4v) is 1.18. The summed E-state index contributed by atoms with van der Waals surface area (Å²) in [7, 11) is 0. The number of terminal acetylenes is 1. The van der Waals surface area contributed by atoms with Gasteiger partial charge >= 0.3 is 0 Å². The van der Waals surface area contributed by atoms with Crippen LogP contribution in [0.25, 0.3) is 0 Å². The number of phenols is 1. The normalized spacial score (nSPS) is 11.3. The fourth-order valence-electron chi connectivity index (χ4n) is 1.18. The maximum atomic E-state index is 11.5. The van der Waals surface area contributed by atoms with E-state index in [9.17, 15) is 20.0 Å². The minimum Gasteiger partial charge on any atom is -0.506 e. The highest BCUT2D eigenvalue weighted by molar-refractivity contribution is 5.96. The molecule has 0 aliphatic rings. The van der Waals surface area contributed by atoms with E-state index in [0.29, 0.717) is 0 Å². The van der Waals surface area contributed by atoms with Gasteiger partial charge in [-0.2, -0.15) is 0 Å². The third-order valence-electron chi connectivity index (χ3n) is 2.12. The number of benzene rings is 1. The molecular formula is C11H11N3O4. The number of nitrogens with zero attached hydrogens (tertiary/aromatic N) is 1. The van der Waals surface area contributed by atoms with E-state index in [2.05, 4.69) is 11.2 Å². The van der Waals surface area contributed by atoms with Crippen molar-refractivity contribution < 1.29 is 14.8 Å². The number of nitrogens with two attached hydrogens (primary N) is 1. The van der Waals surface area contributed by atoms with E-state index in [1.807, 2.05) is 0 Å². The number of phenolic OH excluding ortho intramolecular Hbond substituents is 1. The zero-order valence-electron chi connectivity index (χ0n) is 9.29. The Morgan fingerprint density at radius 2 is 2.33 bits per heavy atom. The van der Waals surface area contributed by atoms with Gasteiger partial charge in [0.05, 0.1) is 16.7 Å². The second-order valence-electron chi connectivity index (χ2n) is 3.46. The molecule has 0 aromatic heterocycles. The SMILES string of the molecule is C#CCC(N)C(=O)Nc1cc([N+](=O)[O-])ccc1O. The van der Waals surface area contributed by atoms with Crippen molar-refractivity contribution in [2.75, 3.05) is 5.32 Å². The van der Waals surface area contributed by atoms with Gasteiger partial charge in [0.2, 0.25) is 5.91 Å². The van der Waals surface area contributed by atoms with Gasteiger partial charge in [0, 0.05) is 18.6 Å². The van der Waals surface area contributed by atoms with Crippen molar-refractivity contribution in [1.29, 1.82) is 0 Å². The van der Waals surface area contributed by atoms with Gasteiger partial charge in [-0.25, -0.2) is 0 Å². The van der Waals surface area contributed by atoms with Gasteiger partial charge < -0.3 is 16.2 Å². The number of carbonyl (C=O) groups excluding carboxylic acids is 1. The van der Waals surface area contributed by atoms with Gasteiger partial charge in [-0.3, -0.25) is 14.9 Å². The predicted molar refractivity (Wildman–Crippen MR) is 64.8 cm³/mol. The van der Waals surface area contributed by atoms with E-state index >= 15 is 0 Å². The lowest BCUT2D eigenvalue weighted by Crippen LogP contribution is -2.35. The molecule has 4 N–H and O–H groups in total. The van der Waals surface area contributed by atoms with Crippen LogP contribution in [-0.2, 0) is 4.79 Å². The average Bonchev–Trinajstić information content (AvgIpc) is 2.31. The van der Waals surface area contributed by atoms with Crippen molar-refractivity contribution in [3.63, 3.8) is 0 Å². The fraction of sp³-hybridized carbons (Fsp3) is 0.182. The summed E-state index contributed by atoms with van der Waals surface area (Å²) in [5.41, 5.74) is 5.12. The first-order chi connectivity index (χ1) is 8.45. The number of nitro groups is 1. The van der Waals surface area contributed by atoms with Crippen molar-refractivity contribution in [2.45, 2.75) is 12.5 Å². The van der Waals surface area contributed by atoms with Crippen LogP contribution < -0.4 is 11.1 Å². The number of anilines is 1. The second kappa shape index (κ2) is 5.65. The minimum atomic E-state index is -0.936. The second-order valence-corrected chi connectivity index (χ2v) is 3.46. The van der Waals surface area contributed by atoms with Crippen molar-refractivity contribution in [2.24, 2.45) is 5.73 Å². The molecule has 1 atom stereocenters. The summed E-state index contributed by atoms with van der Waals surface area (Å²) >= 11 is 0. The van der Waals surface area contributed by atoms with Crippen molar-refractivity contribution >= 4 is 17.3 Å². The average molecular weight is 249 g/mol. The summed E-state index contributed by atoms with van der Waals surface area (Å²) in [6.07, 6.45) is 5.03. The lowest BCUT2D eigenvalue weighted by molar-refractivity contribution is -0.384. The van der Waals surface area contributed by atoms with Crippen LogP contribution in [-0.4, -0.2) is 22.0 Å². The van der Waals surface area contributed by atoms with E-state index in [1.54, 1.807) is 0 Å². The monoisotopic (exact) mass is 249 g/mol. The van der Waals surface area contributed by atoms with Gasteiger partial charge in [-0.05, 0) is 6.07 Å². The molecule has 94 valence electrons. The van der Waals surface area contributed by atoms with Gasteiger partial charge in [-0.15, -0.1) is 12.3 Å². The summed E-state index contributed by atoms with van der Waals surface area (Å²) < 4.78 is 0. The molecule has 0 saturated heterocycles. The molecule has 7 heteroatoms. The quantitative estimate of drug-likeness (QED) is 0.312. The molecule has 0 aliphatic heterocycles. The molecule has 7 nitrogen and oxygen atoms in total. The van der Waals surface area contributed by atoms with Crippen molar-refractivity contribution in [3.05, 3.63) is 28.3 Å². The van der Waals surface area contributed by atoms with Crippen molar-refractivity contribution in [1.82, 2.24) is 0 Å². The first kappa shape index (κ1) is 13.5. The third-order valence-corrected chi connectivity index (χ3v) is 2.12. The molecule has 1 unspecified atom stereocenters. The largest absolute Gasteiger partial charge is 0.506 e. The molecule has 0 radical (unpaired) electrons. The first-order valence-electron chi connectivity index (χ1n) is 4.93. The maximum Gasteiger partial charge on any atom is 0.271 e. The number of carbonyl (C=O) groups is 1. The number of nitrogens with one attached hydrogen (secondary N) is 1. The number of hydrogen-bond donors (Lipinski definition) is 3. The Kier molecular flexibility index (Phi) is 4.23. The highest BCUT2D eigenvalue weighted by atomic mass is 16.6. The lowest BCUT2D eigenvalue weighted by atomic mass is 10.2. The standard InChI is InChI=1S/C11H11N3O4/c1-2-3-8(12)11(16)13-9-6-7(14(17)18)4-5-10(9)15/h1,4-6,8,15H,3,12H2,(H,13,16). The van der Waals surface area contributed by atoms with Crippen LogP contribution in [0.2, 0.25) is 0 Å². The molecule has 1 aromatic rings. The minimum absolute atomic E-state index is 0.0293. The topological polar surface area (TPSA) is 118 Å². The number of non-ortho nitro benzene ring substituents is 1. The third kappa shape index (κ3) is 3.20. The number of rotatable bonds is 4. The van der Waals surface area contributed by atoms with Crippen LogP contribution in [0.1, 0.15) is 6.42 Å². The van der Waals surface area contributed by atoms with Gasteiger partial charge in [-0.1, -0.05) is 0 Å². The molecule has 0 aliphatic carbocycles. The Balaban J connectivity index is 2.90. The molecule has 0 heterocycles. The van der Waals surface area contributed by atoms with Crippen LogP contribution in [0, 0.1) is 22.5 Å². The first-order valence-corrected chi connectivity index (χ1v) is 4.93. The zero-order chi connectivity index (χ0) is 13.7. The molecule has 1 rings (SSSR count). The molecule has 0 saturated carbocycles. The van der Waals surface area contributed by atoms with E-state index in [0.717, 1.165) is 18.2 Å². The smallest absolute Gasteiger partial charge is 0.271 e. The Morgan fingerprint density at radius 1 is 1.67 bits per heavy atom. The molecule has 1 aromatic carbocycles. The van der Waals surface area contributed by atoms with E-state index in [-0.39, 0.29) is 23.5 Å². The molecule has 0 fully saturated rings. The van der Waals surface area contributed by atoms with Crippen LogP contribution in [0.15, 0.2) is 18.2 Å². The Hall–Kier alpha value is -2.59. The molecule has 18 heavy (non-hydrogen) atoms. The van der Waals surface area contributed by atoms with Gasteiger partial charge in [0.15, 0.2) is 0 Å². The van der Waals surface area contributed by atoms with Gasteiger partial charge in [0.1, 0.15) is 5.75 Å². The number of amides is 1. The Bertz CT molecular complexity index is 522. The number of nitro benzene ring substituents is 1. The summed E-state index contributed by atoms with van der Waals surface area (Å²) in [6, 6.07) is 2.33. The van der Waals surface area contributed by atoms with E-state index in [4.69, 9.17) is 12.2 Å². The predicted octanol–water partition coefficient (Wildman–Crippen LogP) is 0.589. The molecule has 1 amide bonds. The summed E-state index contributed by atoms with van der Waals surface area (Å²) in [5, 5.41) is 22.3. The highest BCUT2D eigenvalue weighted by Crippen LogP contribution is 2.27. The lowest BCUT2D eigenvalue weighted by Gasteiger charge is -2.10. The number of hydrogen-bond acceptors (Lipinski definition) is 5. The Morgan fingerprint density at radius 3 is 2.89 bits per heavy atom. The van der Waals surface area contributed by atoms with Crippen LogP contribution in [0.4, 0.5) is 11.4 Å². The van der Waals surface area contributed by atoms with Crippen LogP contribution >= 0.6 is 0 Å². The van der Waals surface area contributed by atoms with Crippen LogP contribution in [0.3, 0.4) is 0 Å². The molecule has 0 spiro atoms. The maximum absolute atomic E-state index is 11.5.